The predicted octanol–water partition coefficient (Wildman–Crippen LogP) is 0.781. The molecule has 1 rings (SSSR count). The van der Waals surface area contributed by atoms with E-state index in [-0.39, 0.29) is 0 Å². The first kappa shape index (κ1) is 15.0. The highest BCUT2D eigenvalue weighted by atomic mass is 16.4. The minimum Gasteiger partial charge on any atom is -0.480 e. The van der Waals surface area contributed by atoms with Crippen molar-refractivity contribution in [3.05, 3.63) is 17.5 Å². The summed E-state index contributed by atoms with van der Waals surface area (Å²) in [6, 6.07) is -1.33. The van der Waals surface area contributed by atoms with E-state index >= 15 is 0 Å². The molecule has 7 heteroatoms. The van der Waals surface area contributed by atoms with Crippen LogP contribution in [0, 0.1) is 6.92 Å². The van der Waals surface area contributed by atoms with Crippen LogP contribution in [0.15, 0.2) is 6.20 Å². The first-order valence-electron chi connectivity index (χ1n) is 6.20. The minimum absolute atomic E-state index is 0.323. The number of carboxylic acid groups (broad SMARTS) is 1. The Morgan fingerprint density at radius 3 is 2.68 bits per heavy atom. The summed E-state index contributed by atoms with van der Waals surface area (Å²) in [6.45, 7) is 4.05. The van der Waals surface area contributed by atoms with E-state index in [0.717, 1.165) is 11.3 Å². The molecule has 1 aromatic rings. The molecule has 0 aromatic carbocycles. The van der Waals surface area contributed by atoms with Gasteiger partial charge in [0.05, 0.1) is 5.69 Å². The van der Waals surface area contributed by atoms with Gasteiger partial charge in [-0.05, 0) is 13.3 Å². The molecule has 0 radical (unpaired) electrons. The Morgan fingerprint density at radius 1 is 1.53 bits per heavy atom. The quantitative estimate of drug-likeness (QED) is 0.710. The summed E-state index contributed by atoms with van der Waals surface area (Å²) >= 11 is 0. The van der Waals surface area contributed by atoms with Crippen molar-refractivity contribution in [3.8, 4) is 0 Å². The molecule has 0 aliphatic carbocycles. The fraction of sp³-hybridized carbons (Fsp3) is 0.583. The highest BCUT2D eigenvalue weighted by Gasteiger charge is 2.18. The van der Waals surface area contributed by atoms with Gasteiger partial charge in [-0.3, -0.25) is 4.68 Å². The van der Waals surface area contributed by atoms with Crippen molar-refractivity contribution in [1.29, 1.82) is 0 Å². The van der Waals surface area contributed by atoms with E-state index in [1.54, 1.807) is 11.7 Å². The maximum absolute atomic E-state index is 11.6. The molecular formula is C12H20N4O3. The van der Waals surface area contributed by atoms with Gasteiger partial charge in [0, 0.05) is 25.4 Å². The average Bonchev–Trinajstić information content (AvgIpc) is 2.64. The van der Waals surface area contributed by atoms with E-state index in [1.165, 1.54) is 0 Å². The molecule has 7 nitrogen and oxygen atoms in total. The molecule has 0 saturated heterocycles. The number of urea groups is 1. The van der Waals surface area contributed by atoms with Crippen LogP contribution in [-0.4, -0.2) is 32.9 Å². The van der Waals surface area contributed by atoms with Crippen molar-refractivity contribution >= 4 is 12.0 Å². The van der Waals surface area contributed by atoms with E-state index in [2.05, 4.69) is 15.7 Å². The molecule has 1 aromatic heterocycles. The lowest BCUT2D eigenvalue weighted by molar-refractivity contribution is -0.139. The Bertz CT molecular complexity index is 456. The Morgan fingerprint density at radius 2 is 2.21 bits per heavy atom. The number of hydrogen-bond acceptors (Lipinski definition) is 3. The molecular weight excluding hydrogens is 248 g/mol. The molecule has 0 unspecified atom stereocenters. The third-order valence-electron chi connectivity index (χ3n) is 2.74. The number of carbonyl (C=O) groups is 2. The molecule has 0 aliphatic rings. The number of amides is 2. The lowest BCUT2D eigenvalue weighted by Crippen LogP contribution is -2.45. The van der Waals surface area contributed by atoms with Crippen LogP contribution in [0.4, 0.5) is 4.79 Å². The van der Waals surface area contributed by atoms with Crippen LogP contribution in [0.5, 0.6) is 0 Å². The summed E-state index contributed by atoms with van der Waals surface area (Å²) in [5.41, 5.74) is 1.74. The lowest BCUT2D eigenvalue weighted by Gasteiger charge is -2.14. The topological polar surface area (TPSA) is 96.3 Å². The second-order valence-electron chi connectivity index (χ2n) is 4.42. The average molecular weight is 268 g/mol. The van der Waals surface area contributed by atoms with Crippen LogP contribution >= 0.6 is 0 Å². The van der Waals surface area contributed by atoms with Crippen molar-refractivity contribution in [2.45, 2.75) is 39.3 Å². The third kappa shape index (κ3) is 4.61. The Balaban J connectivity index is 2.47. The molecule has 1 heterocycles. The standard InChI is InChI=1S/C12H20N4O3/c1-4-5-10(11(17)18)14-12(19)13-6-9-7-16(3)15-8(9)2/h7,10H,4-6H2,1-3H3,(H,17,18)(H2,13,14,19)/t10-/m1/s1. The predicted molar refractivity (Wildman–Crippen MR) is 69.6 cm³/mol. The summed E-state index contributed by atoms with van der Waals surface area (Å²) < 4.78 is 1.67. The number of rotatable bonds is 6. The van der Waals surface area contributed by atoms with Crippen LogP contribution in [0.3, 0.4) is 0 Å². The fourth-order valence-electron chi connectivity index (χ4n) is 1.75. The van der Waals surface area contributed by atoms with Crippen molar-refractivity contribution in [2.24, 2.45) is 7.05 Å². The number of aliphatic carboxylic acids is 1. The summed E-state index contributed by atoms with van der Waals surface area (Å²) in [5, 5.41) is 18.2. The number of hydrogen-bond donors (Lipinski definition) is 3. The second-order valence-corrected chi connectivity index (χ2v) is 4.42. The van der Waals surface area contributed by atoms with E-state index in [1.807, 2.05) is 20.0 Å². The summed E-state index contributed by atoms with van der Waals surface area (Å²) in [7, 11) is 1.80. The SMILES string of the molecule is CCC[C@@H](NC(=O)NCc1cn(C)nc1C)C(=O)O. The number of carbonyl (C=O) groups excluding carboxylic acids is 1. The zero-order chi connectivity index (χ0) is 14.4. The first-order valence-corrected chi connectivity index (χ1v) is 6.20. The van der Waals surface area contributed by atoms with Gasteiger partial charge >= 0.3 is 12.0 Å². The molecule has 0 spiro atoms. The molecule has 19 heavy (non-hydrogen) atoms. The maximum Gasteiger partial charge on any atom is 0.326 e. The molecule has 0 saturated carbocycles. The van der Waals surface area contributed by atoms with Crippen molar-refractivity contribution in [1.82, 2.24) is 20.4 Å². The molecule has 3 N–H and O–H groups in total. The Labute approximate surface area is 112 Å². The van der Waals surface area contributed by atoms with Gasteiger partial charge in [-0.15, -0.1) is 0 Å². The number of nitrogens with zero attached hydrogens (tertiary/aromatic N) is 2. The molecule has 0 bridgehead atoms. The molecule has 106 valence electrons. The van der Waals surface area contributed by atoms with E-state index in [0.29, 0.717) is 19.4 Å². The van der Waals surface area contributed by atoms with Crippen LogP contribution < -0.4 is 10.6 Å². The van der Waals surface area contributed by atoms with Crippen molar-refractivity contribution < 1.29 is 14.7 Å². The van der Waals surface area contributed by atoms with E-state index < -0.39 is 18.0 Å². The number of aromatic nitrogens is 2. The monoisotopic (exact) mass is 268 g/mol. The van der Waals surface area contributed by atoms with Crippen LogP contribution in [0.25, 0.3) is 0 Å². The van der Waals surface area contributed by atoms with Gasteiger partial charge in [-0.1, -0.05) is 13.3 Å². The van der Waals surface area contributed by atoms with Gasteiger partial charge in [0.1, 0.15) is 6.04 Å². The van der Waals surface area contributed by atoms with Crippen LogP contribution in [-0.2, 0) is 18.4 Å². The number of carboxylic acids is 1. The van der Waals surface area contributed by atoms with Gasteiger partial charge in [-0.25, -0.2) is 9.59 Å². The molecule has 1 atom stereocenters. The van der Waals surface area contributed by atoms with Gasteiger partial charge in [0.25, 0.3) is 0 Å². The Hall–Kier alpha value is -2.05. The van der Waals surface area contributed by atoms with Crippen LogP contribution in [0.1, 0.15) is 31.0 Å². The maximum atomic E-state index is 11.6. The number of nitrogens with one attached hydrogen (secondary N) is 2. The normalized spacial score (nSPS) is 11.9. The van der Waals surface area contributed by atoms with Crippen molar-refractivity contribution in [2.75, 3.05) is 0 Å². The highest BCUT2D eigenvalue weighted by molar-refractivity contribution is 5.82. The van der Waals surface area contributed by atoms with E-state index in [4.69, 9.17) is 5.11 Å². The highest BCUT2D eigenvalue weighted by Crippen LogP contribution is 2.03. The van der Waals surface area contributed by atoms with Gasteiger partial charge in [0.2, 0.25) is 0 Å². The fourth-order valence-corrected chi connectivity index (χ4v) is 1.75. The first-order chi connectivity index (χ1) is 8.93. The summed E-state index contributed by atoms with van der Waals surface area (Å²) in [5.74, 6) is -1.02. The van der Waals surface area contributed by atoms with Gasteiger partial charge < -0.3 is 15.7 Å². The van der Waals surface area contributed by atoms with Crippen molar-refractivity contribution in [3.63, 3.8) is 0 Å². The third-order valence-corrected chi connectivity index (χ3v) is 2.74. The Kier molecular flexibility index (Phi) is 5.35. The molecule has 2 amide bonds. The van der Waals surface area contributed by atoms with Crippen LogP contribution in [0.2, 0.25) is 0 Å². The number of aryl methyl sites for hydroxylation is 2. The summed E-state index contributed by atoms with van der Waals surface area (Å²) in [6.07, 6.45) is 2.92. The summed E-state index contributed by atoms with van der Waals surface area (Å²) in [4.78, 5) is 22.5. The zero-order valence-corrected chi connectivity index (χ0v) is 11.4. The van der Waals surface area contributed by atoms with E-state index in [9.17, 15) is 9.59 Å². The van der Waals surface area contributed by atoms with Gasteiger partial charge in [0.15, 0.2) is 0 Å². The van der Waals surface area contributed by atoms with Gasteiger partial charge in [-0.2, -0.15) is 5.10 Å². The zero-order valence-electron chi connectivity index (χ0n) is 11.4. The molecule has 0 fully saturated rings. The largest absolute Gasteiger partial charge is 0.480 e. The lowest BCUT2D eigenvalue weighted by atomic mass is 10.2. The second kappa shape index (κ2) is 6.77. The minimum atomic E-state index is -1.02. The smallest absolute Gasteiger partial charge is 0.326 e. The molecule has 0 aliphatic heterocycles.